The molecule has 6 rings (SSSR count). The van der Waals surface area contributed by atoms with Crippen LogP contribution in [0, 0.1) is 5.41 Å². The molecule has 1 aliphatic carbocycles. The molecule has 1 aromatic heterocycles. The lowest BCUT2D eigenvalue weighted by molar-refractivity contribution is -0.156. The van der Waals surface area contributed by atoms with Gasteiger partial charge in [-0.3, -0.25) is 19.3 Å². The first-order valence-corrected chi connectivity index (χ1v) is 15.9. The van der Waals surface area contributed by atoms with Crippen LogP contribution in [-0.2, 0) is 45.7 Å². The molecule has 3 aromatic rings. The molecule has 3 aliphatic rings. The van der Waals surface area contributed by atoms with Crippen LogP contribution in [0.2, 0.25) is 0 Å². The number of nitrogens with one attached hydrogen (secondary N) is 3. The highest BCUT2D eigenvalue weighted by molar-refractivity contribution is 6.06. The van der Waals surface area contributed by atoms with E-state index in [2.05, 4.69) is 20.9 Å². The summed E-state index contributed by atoms with van der Waals surface area (Å²) in [5, 5.41) is 8.99. The third kappa shape index (κ3) is 6.75. The first kappa shape index (κ1) is 32.6. The average molecular weight is 649 g/mol. The van der Waals surface area contributed by atoms with Gasteiger partial charge in [0.05, 0.1) is 12.0 Å². The van der Waals surface area contributed by atoms with Crippen molar-refractivity contribution in [3.63, 3.8) is 0 Å². The number of likely N-dealkylation sites (tertiary alicyclic amines) is 1. The van der Waals surface area contributed by atoms with Gasteiger partial charge in [0.2, 0.25) is 17.7 Å². The zero-order valence-corrected chi connectivity index (χ0v) is 26.5. The van der Waals surface area contributed by atoms with E-state index in [1.165, 1.54) is 9.80 Å². The molecule has 1 spiro atoms. The predicted molar refractivity (Wildman–Crippen MR) is 171 cm³/mol. The number of carbonyl (C=O) groups is 3. The van der Waals surface area contributed by atoms with Crippen molar-refractivity contribution in [3.8, 4) is 0 Å². The normalized spacial score (nSPS) is 20.1. The van der Waals surface area contributed by atoms with Crippen molar-refractivity contribution in [2.45, 2.75) is 57.3 Å². The maximum Gasteiger partial charge on any atom is 0.401 e. The summed E-state index contributed by atoms with van der Waals surface area (Å²) in [6.07, 6.45) is -1.11. The van der Waals surface area contributed by atoms with Crippen molar-refractivity contribution in [3.05, 3.63) is 88.6 Å². The lowest BCUT2D eigenvalue weighted by atomic mass is 9.78. The Morgan fingerprint density at radius 1 is 1.02 bits per heavy atom. The molecular weight excluding hydrogens is 609 g/mol. The maximum atomic E-state index is 14.1. The fourth-order valence-electron chi connectivity index (χ4n) is 7.25. The summed E-state index contributed by atoms with van der Waals surface area (Å²) in [6.45, 7) is 1.60. The van der Waals surface area contributed by atoms with E-state index in [9.17, 15) is 27.6 Å². The number of fused-ring (bicyclic) bond motifs is 3. The van der Waals surface area contributed by atoms with E-state index < -0.39 is 23.6 Å². The molecule has 3 N–H and O–H groups in total. The fourth-order valence-corrected chi connectivity index (χ4v) is 7.25. The number of hydrogen-bond donors (Lipinski definition) is 3. The van der Waals surface area contributed by atoms with E-state index in [1.54, 1.807) is 19.2 Å². The third-order valence-electron chi connectivity index (χ3n) is 9.81. The monoisotopic (exact) mass is 648 g/mol. The van der Waals surface area contributed by atoms with Gasteiger partial charge in [0.25, 0.3) is 0 Å². The van der Waals surface area contributed by atoms with Crippen LogP contribution in [0.1, 0.15) is 47.6 Å². The number of rotatable bonds is 9. The van der Waals surface area contributed by atoms with Gasteiger partial charge in [-0.25, -0.2) is 4.98 Å². The average Bonchev–Trinajstić information content (AvgIpc) is 3.54. The zero-order chi connectivity index (χ0) is 33.4. The van der Waals surface area contributed by atoms with Gasteiger partial charge in [-0.2, -0.15) is 13.2 Å². The standard InChI is InChI=1S/C35H39F3N6O3/c1-33(11-14-43(15-12-33)22-35(36,37)38)32(47)44(20-25-7-4-3-6-24(25)19-39-2)21-29(45)41-27-10-9-23-17-34(18-26(23)16-27)28-8-5-13-40-30(28)42-31(34)46/h3-10,13,16,39H,11-12,14-15,17-22H2,1-2H3,(H,41,45)(H,40,42,46)/t34-/m1/s1. The molecule has 0 unspecified atom stereocenters. The lowest BCUT2D eigenvalue weighted by Gasteiger charge is -2.41. The molecule has 9 nitrogen and oxygen atoms in total. The van der Waals surface area contributed by atoms with Crippen molar-refractivity contribution < 1.29 is 27.6 Å². The molecule has 1 fully saturated rings. The van der Waals surface area contributed by atoms with Gasteiger partial charge in [-0.15, -0.1) is 0 Å². The summed E-state index contributed by atoms with van der Waals surface area (Å²) in [4.78, 5) is 48.0. The molecule has 1 atom stereocenters. The Morgan fingerprint density at radius 3 is 2.47 bits per heavy atom. The Bertz CT molecular complexity index is 1690. The van der Waals surface area contributed by atoms with Crippen molar-refractivity contribution >= 4 is 29.2 Å². The van der Waals surface area contributed by atoms with E-state index >= 15 is 0 Å². The highest BCUT2D eigenvalue weighted by atomic mass is 19.4. The van der Waals surface area contributed by atoms with Gasteiger partial charge in [-0.05, 0) is 86.3 Å². The van der Waals surface area contributed by atoms with Crippen molar-refractivity contribution in [2.75, 3.05) is 43.9 Å². The fraction of sp³-hybridized carbons (Fsp3) is 0.429. The third-order valence-corrected chi connectivity index (χ3v) is 9.81. The number of anilines is 2. The van der Waals surface area contributed by atoms with Gasteiger partial charge in [0, 0.05) is 36.0 Å². The molecule has 0 radical (unpaired) electrons. The van der Waals surface area contributed by atoms with Crippen LogP contribution >= 0.6 is 0 Å². The molecule has 12 heteroatoms. The van der Waals surface area contributed by atoms with E-state index in [-0.39, 0.29) is 56.7 Å². The molecule has 3 heterocycles. The number of benzene rings is 2. The van der Waals surface area contributed by atoms with E-state index in [0.717, 1.165) is 27.8 Å². The molecule has 248 valence electrons. The number of halogens is 3. The Morgan fingerprint density at radius 2 is 1.74 bits per heavy atom. The van der Waals surface area contributed by atoms with Crippen LogP contribution in [-0.4, -0.2) is 71.9 Å². The zero-order valence-electron chi connectivity index (χ0n) is 26.5. The van der Waals surface area contributed by atoms with Crippen LogP contribution < -0.4 is 16.0 Å². The number of piperidine rings is 1. The second kappa shape index (κ2) is 12.7. The summed E-state index contributed by atoms with van der Waals surface area (Å²) in [6, 6.07) is 17.0. The Balaban J connectivity index is 1.19. The van der Waals surface area contributed by atoms with E-state index in [1.807, 2.05) is 55.6 Å². The van der Waals surface area contributed by atoms with Crippen LogP contribution in [0.15, 0.2) is 60.8 Å². The second-order valence-electron chi connectivity index (χ2n) is 13.2. The van der Waals surface area contributed by atoms with Crippen LogP contribution in [0.4, 0.5) is 24.7 Å². The number of pyridine rings is 1. The summed E-state index contributed by atoms with van der Waals surface area (Å²) in [7, 11) is 1.83. The molecule has 1 saturated heterocycles. The number of amides is 3. The minimum absolute atomic E-state index is 0.0848. The number of nitrogens with zero attached hydrogens (tertiary/aromatic N) is 3. The SMILES string of the molecule is CNCc1ccccc1CN(CC(=O)Nc1ccc2c(c1)C[C@@]1(C2)C(=O)Nc2ncccc21)C(=O)C1(C)CCN(CC(F)(F)F)CC1. The quantitative estimate of drug-likeness (QED) is 0.317. The molecule has 2 aliphatic heterocycles. The van der Waals surface area contributed by atoms with Gasteiger partial charge in [0.1, 0.15) is 12.4 Å². The summed E-state index contributed by atoms with van der Waals surface area (Å²) < 4.78 is 39.1. The van der Waals surface area contributed by atoms with Crippen LogP contribution in [0.5, 0.6) is 0 Å². The molecular formula is C35H39F3N6O3. The van der Waals surface area contributed by atoms with Gasteiger partial charge >= 0.3 is 6.18 Å². The highest BCUT2D eigenvalue weighted by Gasteiger charge is 2.51. The summed E-state index contributed by atoms with van der Waals surface area (Å²) in [5.41, 5.74) is 3.65. The Kier molecular flexibility index (Phi) is 8.84. The molecule has 0 saturated carbocycles. The minimum atomic E-state index is -4.30. The minimum Gasteiger partial charge on any atom is -0.329 e. The van der Waals surface area contributed by atoms with Gasteiger partial charge in [-0.1, -0.05) is 43.3 Å². The smallest absolute Gasteiger partial charge is 0.329 e. The van der Waals surface area contributed by atoms with Crippen molar-refractivity contribution in [1.29, 1.82) is 0 Å². The molecule has 2 aromatic carbocycles. The number of carbonyl (C=O) groups excluding carboxylic acids is 3. The Labute approximate surface area is 271 Å². The predicted octanol–water partition coefficient (Wildman–Crippen LogP) is 4.42. The lowest BCUT2D eigenvalue weighted by Crippen LogP contribution is -2.51. The van der Waals surface area contributed by atoms with Crippen LogP contribution in [0.25, 0.3) is 0 Å². The van der Waals surface area contributed by atoms with E-state index in [4.69, 9.17) is 0 Å². The molecule has 47 heavy (non-hydrogen) atoms. The molecule has 3 amide bonds. The second-order valence-corrected chi connectivity index (χ2v) is 13.2. The number of alkyl halides is 3. The van der Waals surface area contributed by atoms with Gasteiger partial charge in [0.15, 0.2) is 0 Å². The maximum absolute atomic E-state index is 14.1. The topological polar surface area (TPSA) is 107 Å². The number of aromatic nitrogens is 1. The Hall–Kier alpha value is -4.29. The van der Waals surface area contributed by atoms with Crippen LogP contribution in [0.3, 0.4) is 0 Å². The summed E-state index contributed by atoms with van der Waals surface area (Å²) >= 11 is 0. The number of hydrogen-bond acceptors (Lipinski definition) is 6. The highest BCUT2D eigenvalue weighted by Crippen LogP contribution is 2.47. The first-order valence-electron chi connectivity index (χ1n) is 15.9. The summed E-state index contributed by atoms with van der Waals surface area (Å²) in [5.74, 6) is -0.143. The molecule has 0 bridgehead atoms. The largest absolute Gasteiger partial charge is 0.401 e. The van der Waals surface area contributed by atoms with Gasteiger partial charge < -0.3 is 20.9 Å². The van der Waals surface area contributed by atoms with Crippen molar-refractivity contribution in [1.82, 2.24) is 20.1 Å². The first-order chi connectivity index (χ1) is 22.4. The van der Waals surface area contributed by atoms with Crippen molar-refractivity contribution in [2.24, 2.45) is 5.41 Å². The van der Waals surface area contributed by atoms with E-state index in [0.29, 0.717) is 30.9 Å².